The van der Waals surface area contributed by atoms with Gasteiger partial charge in [0.2, 0.25) is 5.91 Å². The summed E-state index contributed by atoms with van der Waals surface area (Å²) in [4.78, 5) is 13.7. The average Bonchev–Trinajstić information content (AvgIpc) is 2.37. The number of carbonyl (C=O) groups excluding carboxylic acids is 1. The highest BCUT2D eigenvalue weighted by molar-refractivity contribution is 5.76. The van der Waals surface area contributed by atoms with E-state index in [1.807, 2.05) is 38.2 Å². The quantitative estimate of drug-likeness (QED) is 0.840. The molecule has 0 spiro atoms. The Morgan fingerprint density at radius 3 is 2.67 bits per heavy atom. The largest absolute Gasteiger partial charge is 0.492 e. The molecule has 0 heterocycles. The molecule has 0 aliphatic heterocycles. The van der Waals surface area contributed by atoms with E-state index in [2.05, 4.69) is 26.1 Å². The van der Waals surface area contributed by atoms with Crippen LogP contribution in [0.5, 0.6) is 5.75 Å². The van der Waals surface area contributed by atoms with Gasteiger partial charge in [0.05, 0.1) is 6.54 Å². The summed E-state index contributed by atoms with van der Waals surface area (Å²) in [5, 5.41) is 3.32. The highest BCUT2D eigenvalue weighted by atomic mass is 16.5. The lowest BCUT2D eigenvalue weighted by Gasteiger charge is -2.22. The number of aryl methyl sites for hydroxylation is 1. The third kappa shape index (κ3) is 7.71. The van der Waals surface area contributed by atoms with Crippen LogP contribution in [-0.4, -0.2) is 43.1 Å². The Morgan fingerprint density at radius 2 is 2.05 bits per heavy atom. The van der Waals surface area contributed by atoms with E-state index in [1.165, 1.54) is 5.56 Å². The molecule has 0 fully saturated rings. The topological polar surface area (TPSA) is 41.6 Å². The molecule has 4 heteroatoms. The van der Waals surface area contributed by atoms with Crippen molar-refractivity contribution in [2.24, 2.45) is 0 Å². The van der Waals surface area contributed by atoms with Gasteiger partial charge in [0, 0.05) is 25.6 Å². The molecular formula is C17H28N2O2. The fourth-order valence-electron chi connectivity index (χ4n) is 1.87. The molecule has 4 nitrogen and oxygen atoms in total. The zero-order valence-corrected chi connectivity index (χ0v) is 13.9. The summed E-state index contributed by atoms with van der Waals surface area (Å²) in [6.07, 6.45) is 0.512. The highest BCUT2D eigenvalue weighted by Gasteiger charge is 2.12. The Balaban J connectivity index is 2.23. The van der Waals surface area contributed by atoms with Crippen LogP contribution < -0.4 is 10.1 Å². The Kier molecular flexibility index (Phi) is 6.69. The third-order valence-corrected chi connectivity index (χ3v) is 3.10. The first kappa shape index (κ1) is 17.5. The zero-order chi connectivity index (χ0) is 15.9. The first-order valence-corrected chi connectivity index (χ1v) is 7.46. The standard InChI is InChI=1S/C17H28N2O2/c1-14-7-6-8-15(13-14)21-12-11-19(5)16(20)9-10-18-17(2,3)4/h6-8,13,18H,9-12H2,1-5H3. The summed E-state index contributed by atoms with van der Waals surface area (Å²) in [5.41, 5.74) is 1.22. The van der Waals surface area contributed by atoms with Gasteiger partial charge in [-0.1, -0.05) is 12.1 Å². The minimum absolute atomic E-state index is 0.0487. The van der Waals surface area contributed by atoms with E-state index >= 15 is 0 Å². The van der Waals surface area contributed by atoms with Crippen molar-refractivity contribution in [1.82, 2.24) is 10.2 Å². The van der Waals surface area contributed by atoms with Crippen molar-refractivity contribution in [3.8, 4) is 5.75 Å². The first-order chi connectivity index (χ1) is 9.78. The van der Waals surface area contributed by atoms with Gasteiger partial charge in [0.15, 0.2) is 0 Å². The van der Waals surface area contributed by atoms with Crippen molar-refractivity contribution in [3.05, 3.63) is 29.8 Å². The van der Waals surface area contributed by atoms with Crippen LogP contribution in [0.4, 0.5) is 0 Å². The van der Waals surface area contributed by atoms with E-state index in [0.29, 0.717) is 26.1 Å². The van der Waals surface area contributed by atoms with Gasteiger partial charge in [0.1, 0.15) is 12.4 Å². The van der Waals surface area contributed by atoms with E-state index in [0.717, 1.165) is 5.75 Å². The van der Waals surface area contributed by atoms with Crippen LogP contribution in [0, 0.1) is 6.92 Å². The fraction of sp³-hybridized carbons (Fsp3) is 0.588. The molecule has 0 saturated carbocycles. The smallest absolute Gasteiger partial charge is 0.223 e. The number of nitrogens with zero attached hydrogens (tertiary/aromatic N) is 1. The summed E-state index contributed by atoms with van der Waals surface area (Å²) < 4.78 is 5.66. The van der Waals surface area contributed by atoms with Gasteiger partial charge in [-0.2, -0.15) is 0 Å². The second-order valence-electron chi connectivity index (χ2n) is 6.41. The first-order valence-electron chi connectivity index (χ1n) is 7.46. The molecule has 1 rings (SSSR count). The lowest BCUT2D eigenvalue weighted by molar-refractivity contribution is -0.130. The van der Waals surface area contributed by atoms with Crippen LogP contribution in [0.3, 0.4) is 0 Å². The number of ether oxygens (including phenoxy) is 1. The molecule has 0 unspecified atom stereocenters. The number of hydrogen-bond donors (Lipinski definition) is 1. The number of likely N-dealkylation sites (N-methyl/N-ethyl adjacent to an activating group) is 1. The van der Waals surface area contributed by atoms with Gasteiger partial charge in [-0.05, 0) is 45.4 Å². The van der Waals surface area contributed by atoms with E-state index < -0.39 is 0 Å². The second kappa shape index (κ2) is 8.03. The third-order valence-electron chi connectivity index (χ3n) is 3.10. The molecule has 0 bridgehead atoms. The van der Waals surface area contributed by atoms with Crippen LogP contribution in [-0.2, 0) is 4.79 Å². The predicted octanol–water partition coefficient (Wildman–Crippen LogP) is 2.61. The van der Waals surface area contributed by atoms with Crippen LogP contribution in [0.15, 0.2) is 24.3 Å². The monoisotopic (exact) mass is 292 g/mol. The molecule has 0 aliphatic carbocycles. The van der Waals surface area contributed by atoms with E-state index in [-0.39, 0.29) is 11.4 Å². The van der Waals surface area contributed by atoms with Crippen LogP contribution in [0.2, 0.25) is 0 Å². The van der Waals surface area contributed by atoms with Gasteiger partial charge < -0.3 is 15.0 Å². The van der Waals surface area contributed by atoms with Gasteiger partial charge in [-0.3, -0.25) is 4.79 Å². The van der Waals surface area contributed by atoms with Crippen LogP contribution in [0.25, 0.3) is 0 Å². The summed E-state index contributed by atoms with van der Waals surface area (Å²) >= 11 is 0. The predicted molar refractivity (Wildman–Crippen MR) is 86.7 cm³/mol. The Morgan fingerprint density at radius 1 is 1.33 bits per heavy atom. The van der Waals surface area contributed by atoms with E-state index in [4.69, 9.17) is 4.74 Å². The summed E-state index contributed by atoms with van der Waals surface area (Å²) in [5.74, 6) is 0.991. The number of carbonyl (C=O) groups is 1. The number of hydrogen-bond acceptors (Lipinski definition) is 3. The normalized spacial score (nSPS) is 11.3. The highest BCUT2D eigenvalue weighted by Crippen LogP contribution is 2.12. The van der Waals surface area contributed by atoms with Crippen molar-refractivity contribution in [1.29, 1.82) is 0 Å². The molecule has 118 valence electrons. The Labute approximate surface area is 128 Å². The van der Waals surface area contributed by atoms with Gasteiger partial charge >= 0.3 is 0 Å². The molecular weight excluding hydrogens is 264 g/mol. The van der Waals surface area contributed by atoms with Crippen LogP contribution >= 0.6 is 0 Å². The lowest BCUT2D eigenvalue weighted by atomic mass is 10.1. The lowest BCUT2D eigenvalue weighted by Crippen LogP contribution is -2.39. The molecule has 1 aromatic carbocycles. The molecule has 0 saturated heterocycles. The summed E-state index contributed by atoms with van der Waals surface area (Å²) in [6.45, 7) is 10.1. The maximum atomic E-state index is 12.0. The number of nitrogens with one attached hydrogen (secondary N) is 1. The van der Waals surface area contributed by atoms with Crippen molar-refractivity contribution in [3.63, 3.8) is 0 Å². The molecule has 1 N–H and O–H groups in total. The molecule has 1 aromatic rings. The van der Waals surface area contributed by atoms with Gasteiger partial charge in [-0.25, -0.2) is 0 Å². The molecule has 1 amide bonds. The maximum absolute atomic E-state index is 12.0. The minimum atomic E-state index is 0.0487. The molecule has 0 radical (unpaired) electrons. The van der Waals surface area contributed by atoms with E-state index in [9.17, 15) is 4.79 Å². The average molecular weight is 292 g/mol. The van der Waals surface area contributed by atoms with Crippen molar-refractivity contribution in [2.45, 2.75) is 39.7 Å². The van der Waals surface area contributed by atoms with E-state index in [1.54, 1.807) is 4.90 Å². The minimum Gasteiger partial charge on any atom is -0.492 e. The Bertz CT molecular complexity index is 452. The fourth-order valence-corrected chi connectivity index (χ4v) is 1.87. The zero-order valence-electron chi connectivity index (χ0n) is 13.9. The summed E-state index contributed by atoms with van der Waals surface area (Å²) in [6, 6.07) is 7.93. The van der Waals surface area contributed by atoms with Gasteiger partial charge in [-0.15, -0.1) is 0 Å². The maximum Gasteiger partial charge on any atom is 0.223 e. The van der Waals surface area contributed by atoms with Crippen LogP contribution in [0.1, 0.15) is 32.8 Å². The Hall–Kier alpha value is -1.55. The van der Waals surface area contributed by atoms with Crippen molar-refractivity contribution in [2.75, 3.05) is 26.7 Å². The van der Waals surface area contributed by atoms with Gasteiger partial charge in [0.25, 0.3) is 0 Å². The molecule has 0 atom stereocenters. The molecule has 0 aliphatic rings. The molecule has 21 heavy (non-hydrogen) atoms. The van der Waals surface area contributed by atoms with Crippen molar-refractivity contribution < 1.29 is 9.53 Å². The number of rotatable bonds is 7. The number of amides is 1. The summed E-state index contributed by atoms with van der Waals surface area (Å²) in [7, 11) is 1.82. The number of benzene rings is 1. The van der Waals surface area contributed by atoms with Crippen molar-refractivity contribution >= 4 is 5.91 Å². The second-order valence-corrected chi connectivity index (χ2v) is 6.41. The molecule has 0 aromatic heterocycles. The SMILES string of the molecule is Cc1cccc(OCCN(C)C(=O)CCNC(C)(C)C)c1.